The Hall–Kier alpha value is -3.68. The summed E-state index contributed by atoms with van der Waals surface area (Å²) in [5.74, 6) is -2.49. The summed E-state index contributed by atoms with van der Waals surface area (Å²) in [4.78, 5) is 65.3. The van der Waals surface area contributed by atoms with Crippen molar-refractivity contribution in [1.29, 1.82) is 0 Å². The Bertz CT molecular complexity index is 1270. The van der Waals surface area contributed by atoms with Gasteiger partial charge in [-0.05, 0) is 71.3 Å². The van der Waals surface area contributed by atoms with Gasteiger partial charge in [0.15, 0.2) is 0 Å². The summed E-state index contributed by atoms with van der Waals surface area (Å²) in [6.07, 6.45) is -1.58. The molecule has 5 amide bonds. The highest BCUT2D eigenvalue weighted by Crippen LogP contribution is 2.17. The van der Waals surface area contributed by atoms with E-state index < -0.39 is 53.5 Å². The molecule has 1 aromatic heterocycles. The zero-order chi connectivity index (χ0) is 38.5. The number of hydrogen-bond acceptors (Lipinski definition) is 8. The number of nitrogens with one attached hydrogen (secondary N) is 4. The van der Waals surface area contributed by atoms with Gasteiger partial charge >= 0.3 is 6.09 Å². The molecule has 1 heterocycles. The SMILES string of the molecule is Cc1cc(C)n(CC(C)C(=O)NN(CCC(=O)NC(CC(C)C)C(O)CC(C)C(=O)NC(C(=O)NCC(C)C)C(C)C)C(=O)OC(C)(C)C)n1. The van der Waals surface area contributed by atoms with Crippen LogP contribution in [0.2, 0.25) is 0 Å². The van der Waals surface area contributed by atoms with Crippen molar-refractivity contribution in [2.75, 3.05) is 13.1 Å². The molecule has 286 valence electrons. The fraction of sp³-hybridized carbons (Fsp3) is 0.778. The molecule has 0 aromatic carbocycles. The molecule has 5 unspecified atom stereocenters. The first-order chi connectivity index (χ1) is 23.0. The molecule has 50 heavy (non-hydrogen) atoms. The molecule has 1 rings (SSSR count). The van der Waals surface area contributed by atoms with Crippen LogP contribution in [-0.2, 0) is 30.5 Å². The van der Waals surface area contributed by atoms with Crippen molar-refractivity contribution in [3.8, 4) is 0 Å². The van der Waals surface area contributed by atoms with Gasteiger partial charge < -0.3 is 25.8 Å². The van der Waals surface area contributed by atoms with Crippen LogP contribution in [0.3, 0.4) is 0 Å². The molecule has 5 N–H and O–H groups in total. The lowest BCUT2D eigenvalue weighted by atomic mass is 9.92. The average molecular weight is 708 g/mol. The van der Waals surface area contributed by atoms with Gasteiger partial charge in [-0.15, -0.1) is 0 Å². The van der Waals surface area contributed by atoms with Gasteiger partial charge in [-0.1, -0.05) is 55.4 Å². The molecular formula is C36H65N7O7. The van der Waals surface area contributed by atoms with E-state index in [9.17, 15) is 29.1 Å². The first kappa shape index (κ1) is 44.3. The molecule has 0 aliphatic carbocycles. The number of aliphatic hydroxyl groups excluding tert-OH is 1. The molecule has 0 saturated carbocycles. The van der Waals surface area contributed by atoms with E-state index in [-0.39, 0.29) is 49.0 Å². The predicted octanol–water partition coefficient (Wildman–Crippen LogP) is 3.63. The minimum atomic E-state index is -1.06. The summed E-state index contributed by atoms with van der Waals surface area (Å²) < 4.78 is 7.22. The Morgan fingerprint density at radius 1 is 0.880 bits per heavy atom. The number of aromatic nitrogens is 2. The molecule has 0 spiro atoms. The maximum Gasteiger partial charge on any atom is 0.429 e. The second kappa shape index (κ2) is 20.2. The third-order valence-electron chi connectivity index (χ3n) is 7.93. The summed E-state index contributed by atoms with van der Waals surface area (Å²) in [5, 5.41) is 25.2. The molecule has 0 aliphatic rings. The molecule has 1 aromatic rings. The van der Waals surface area contributed by atoms with Gasteiger partial charge in [-0.2, -0.15) is 5.10 Å². The minimum Gasteiger partial charge on any atom is -0.442 e. The van der Waals surface area contributed by atoms with Crippen LogP contribution in [0.4, 0.5) is 4.79 Å². The summed E-state index contributed by atoms with van der Waals surface area (Å²) in [5.41, 5.74) is 3.49. The Kier molecular flexibility index (Phi) is 17.9. The van der Waals surface area contributed by atoms with Crippen LogP contribution >= 0.6 is 0 Å². The quantitative estimate of drug-likeness (QED) is 0.143. The maximum absolute atomic E-state index is 13.2. The van der Waals surface area contributed by atoms with Gasteiger partial charge in [-0.3, -0.25) is 29.3 Å². The lowest BCUT2D eigenvalue weighted by Crippen LogP contribution is -2.53. The van der Waals surface area contributed by atoms with E-state index in [4.69, 9.17) is 4.74 Å². The lowest BCUT2D eigenvalue weighted by molar-refractivity contribution is -0.132. The molecule has 0 bridgehead atoms. The maximum atomic E-state index is 13.2. The van der Waals surface area contributed by atoms with Crippen LogP contribution in [0.1, 0.15) is 107 Å². The first-order valence-corrected chi connectivity index (χ1v) is 17.9. The number of rotatable bonds is 18. The number of hydrogen-bond donors (Lipinski definition) is 5. The lowest BCUT2D eigenvalue weighted by Gasteiger charge is -2.30. The second-order valence-corrected chi connectivity index (χ2v) is 15.7. The van der Waals surface area contributed by atoms with Gasteiger partial charge in [0, 0.05) is 24.6 Å². The third kappa shape index (κ3) is 16.4. The number of aryl methyl sites for hydroxylation is 2. The Balaban J connectivity index is 2.95. The normalized spacial score (nSPS) is 14.8. The van der Waals surface area contributed by atoms with E-state index in [0.717, 1.165) is 16.4 Å². The van der Waals surface area contributed by atoms with Crippen LogP contribution in [0.15, 0.2) is 6.07 Å². The molecule has 0 fully saturated rings. The Labute approximate surface area is 299 Å². The van der Waals surface area contributed by atoms with Crippen LogP contribution in [0, 0.1) is 43.4 Å². The van der Waals surface area contributed by atoms with E-state index in [1.54, 1.807) is 39.3 Å². The number of hydrazine groups is 1. The summed E-state index contributed by atoms with van der Waals surface area (Å²) in [6, 6.07) is 0.508. The van der Waals surface area contributed by atoms with Crippen LogP contribution in [0.5, 0.6) is 0 Å². The van der Waals surface area contributed by atoms with Crippen LogP contribution in [0.25, 0.3) is 0 Å². The predicted molar refractivity (Wildman–Crippen MR) is 192 cm³/mol. The largest absolute Gasteiger partial charge is 0.442 e. The zero-order valence-corrected chi connectivity index (χ0v) is 32.7. The van der Waals surface area contributed by atoms with Gasteiger partial charge in [0.1, 0.15) is 11.6 Å². The topological polar surface area (TPSA) is 184 Å². The van der Waals surface area contributed by atoms with Crippen molar-refractivity contribution in [2.45, 2.75) is 140 Å². The van der Waals surface area contributed by atoms with E-state index in [0.29, 0.717) is 19.5 Å². The zero-order valence-electron chi connectivity index (χ0n) is 32.7. The molecule has 14 heteroatoms. The van der Waals surface area contributed by atoms with E-state index >= 15 is 0 Å². The Morgan fingerprint density at radius 3 is 2.00 bits per heavy atom. The van der Waals surface area contributed by atoms with Crippen molar-refractivity contribution >= 4 is 29.7 Å². The van der Waals surface area contributed by atoms with Gasteiger partial charge in [-0.25, -0.2) is 9.80 Å². The molecule has 14 nitrogen and oxygen atoms in total. The number of amides is 5. The van der Waals surface area contributed by atoms with Crippen molar-refractivity contribution in [3.05, 3.63) is 17.5 Å². The van der Waals surface area contributed by atoms with Gasteiger partial charge in [0.25, 0.3) is 0 Å². The molecule has 0 radical (unpaired) electrons. The molecule has 0 saturated heterocycles. The Morgan fingerprint density at radius 2 is 1.50 bits per heavy atom. The second-order valence-electron chi connectivity index (χ2n) is 15.7. The molecule has 5 atom stereocenters. The number of aliphatic hydroxyl groups is 1. The van der Waals surface area contributed by atoms with Crippen molar-refractivity contribution < 1.29 is 33.8 Å². The van der Waals surface area contributed by atoms with Crippen molar-refractivity contribution in [3.63, 3.8) is 0 Å². The number of carbonyl (C=O) groups is 5. The fourth-order valence-electron chi connectivity index (χ4n) is 5.15. The van der Waals surface area contributed by atoms with Gasteiger partial charge in [0.2, 0.25) is 23.6 Å². The smallest absolute Gasteiger partial charge is 0.429 e. The highest BCUT2D eigenvalue weighted by atomic mass is 16.6. The number of nitrogens with zero attached hydrogens (tertiary/aromatic N) is 3. The summed E-state index contributed by atoms with van der Waals surface area (Å²) >= 11 is 0. The standard InChI is InChI=1S/C36H65N7O7/c1-21(2)16-28(29(44)17-24(7)32(46)39-31(23(5)6)34(48)37-19-22(3)4)38-30(45)14-15-42(35(49)50-36(11,12)13)41-33(47)25(8)20-43-27(10)18-26(9)40-43/h18,21-25,28-29,31,44H,14-17,19-20H2,1-13H3,(H,37,48)(H,38,45)(H,39,46)(H,41,47). The van der Waals surface area contributed by atoms with E-state index in [1.165, 1.54) is 0 Å². The van der Waals surface area contributed by atoms with Crippen molar-refractivity contribution in [1.82, 2.24) is 36.2 Å². The van der Waals surface area contributed by atoms with Crippen LogP contribution in [-0.4, -0.2) is 86.5 Å². The number of ether oxygens (including phenoxy) is 1. The average Bonchev–Trinajstić information content (AvgIpc) is 3.30. The third-order valence-corrected chi connectivity index (χ3v) is 7.93. The van der Waals surface area contributed by atoms with E-state index in [1.807, 2.05) is 61.5 Å². The molecular weight excluding hydrogens is 642 g/mol. The van der Waals surface area contributed by atoms with Gasteiger partial charge in [0.05, 0.1) is 36.8 Å². The van der Waals surface area contributed by atoms with Crippen LogP contribution < -0.4 is 21.4 Å². The monoisotopic (exact) mass is 707 g/mol. The fourth-order valence-corrected chi connectivity index (χ4v) is 5.15. The first-order valence-electron chi connectivity index (χ1n) is 17.9. The summed E-state index contributed by atoms with van der Waals surface area (Å²) in [7, 11) is 0. The minimum absolute atomic E-state index is 0.0508. The highest BCUT2D eigenvalue weighted by Gasteiger charge is 2.31. The number of carbonyl (C=O) groups excluding carboxylic acids is 5. The summed E-state index contributed by atoms with van der Waals surface area (Å²) in [6.45, 7) is 24.5. The molecule has 0 aliphatic heterocycles. The van der Waals surface area contributed by atoms with Crippen molar-refractivity contribution in [2.24, 2.45) is 29.6 Å². The van der Waals surface area contributed by atoms with E-state index in [2.05, 4.69) is 26.5 Å². The highest BCUT2D eigenvalue weighted by molar-refractivity contribution is 5.88.